The maximum Gasteiger partial charge on any atom is 0.159 e. The summed E-state index contributed by atoms with van der Waals surface area (Å²) in [6.45, 7) is 6.98. The van der Waals surface area contributed by atoms with E-state index in [0.29, 0.717) is 11.4 Å². The highest BCUT2D eigenvalue weighted by molar-refractivity contribution is 5.95. The summed E-state index contributed by atoms with van der Waals surface area (Å²) in [4.78, 5) is 29.8. The third-order valence-corrected chi connectivity index (χ3v) is 4.94. The first-order valence-electron chi connectivity index (χ1n) is 9.73. The number of aryl methyl sites for hydroxylation is 1. The zero-order chi connectivity index (χ0) is 20.2. The van der Waals surface area contributed by atoms with Crippen LogP contribution < -0.4 is 15.1 Å². The van der Waals surface area contributed by atoms with E-state index >= 15 is 0 Å². The minimum Gasteiger partial charge on any atom is -0.353 e. The fraction of sp³-hybridized carbons (Fsp3) is 0.273. The number of nitrogens with zero attached hydrogens (tertiary/aromatic N) is 5. The number of pyridine rings is 1. The highest BCUT2D eigenvalue weighted by atomic mass is 16.1. The topological polar surface area (TPSA) is 74.2 Å². The number of ketones is 1. The van der Waals surface area contributed by atoms with Crippen molar-refractivity contribution in [3.05, 3.63) is 66.1 Å². The van der Waals surface area contributed by atoms with Gasteiger partial charge in [-0.1, -0.05) is 18.2 Å². The summed E-state index contributed by atoms with van der Waals surface area (Å²) >= 11 is 0. The standard InChI is InChI=1S/C22H24N6O/c1-16(29)18-6-5-7-19(14-18)26-20-15-22(25-17(2)24-20)28-12-10-27(11-13-28)21-8-3-4-9-23-21/h3-9,14-15H,10-13H2,1-2H3,(H,24,25,26). The van der Waals surface area contributed by atoms with Crippen LogP contribution >= 0.6 is 0 Å². The van der Waals surface area contributed by atoms with Gasteiger partial charge in [0.05, 0.1) is 0 Å². The summed E-state index contributed by atoms with van der Waals surface area (Å²) < 4.78 is 0. The molecule has 148 valence electrons. The Balaban J connectivity index is 1.48. The van der Waals surface area contributed by atoms with E-state index in [4.69, 9.17) is 0 Å². The molecule has 1 saturated heterocycles. The van der Waals surface area contributed by atoms with Gasteiger partial charge < -0.3 is 15.1 Å². The lowest BCUT2D eigenvalue weighted by Gasteiger charge is -2.36. The predicted octanol–water partition coefficient (Wildman–Crippen LogP) is 3.45. The molecule has 2 aromatic heterocycles. The number of piperazine rings is 1. The molecule has 29 heavy (non-hydrogen) atoms. The fourth-order valence-corrected chi connectivity index (χ4v) is 3.45. The van der Waals surface area contributed by atoms with Gasteiger partial charge in [-0.15, -0.1) is 0 Å². The molecule has 4 rings (SSSR count). The van der Waals surface area contributed by atoms with Crippen LogP contribution in [0.15, 0.2) is 54.7 Å². The Labute approximate surface area is 170 Å². The SMILES string of the molecule is CC(=O)c1cccc(Nc2cc(N3CCN(c4ccccn4)CC3)nc(C)n2)c1. The average molecular weight is 388 g/mol. The molecule has 1 aliphatic heterocycles. The third-order valence-electron chi connectivity index (χ3n) is 4.94. The first-order valence-corrected chi connectivity index (χ1v) is 9.73. The number of rotatable bonds is 5. The lowest BCUT2D eigenvalue weighted by Crippen LogP contribution is -2.47. The molecule has 3 heterocycles. The molecule has 0 bridgehead atoms. The van der Waals surface area contributed by atoms with Crippen molar-refractivity contribution >= 4 is 28.9 Å². The molecular formula is C22H24N6O. The first kappa shape index (κ1) is 18.9. The van der Waals surface area contributed by atoms with Crippen LogP contribution in [0.4, 0.5) is 23.1 Å². The van der Waals surface area contributed by atoms with Gasteiger partial charge >= 0.3 is 0 Å². The highest BCUT2D eigenvalue weighted by Crippen LogP contribution is 2.22. The second-order valence-corrected chi connectivity index (χ2v) is 7.08. The Morgan fingerprint density at radius 2 is 1.69 bits per heavy atom. The van der Waals surface area contributed by atoms with Crippen LogP contribution in [0.1, 0.15) is 23.1 Å². The number of anilines is 4. The molecule has 7 nitrogen and oxygen atoms in total. The summed E-state index contributed by atoms with van der Waals surface area (Å²) in [6.07, 6.45) is 1.83. The molecule has 0 radical (unpaired) electrons. The molecule has 0 unspecified atom stereocenters. The number of aromatic nitrogens is 3. The van der Waals surface area contributed by atoms with Gasteiger partial charge in [-0.25, -0.2) is 15.0 Å². The highest BCUT2D eigenvalue weighted by Gasteiger charge is 2.20. The van der Waals surface area contributed by atoms with E-state index in [1.807, 2.05) is 61.7 Å². The summed E-state index contributed by atoms with van der Waals surface area (Å²) in [5, 5.41) is 3.30. The van der Waals surface area contributed by atoms with E-state index in [-0.39, 0.29) is 5.78 Å². The maximum atomic E-state index is 11.6. The van der Waals surface area contributed by atoms with E-state index in [2.05, 4.69) is 30.1 Å². The van der Waals surface area contributed by atoms with Gasteiger partial charge in [0.1, 0.15) is 23.3 Å². The molecule has 1 aliphatic rings. The van der Waals surface area contributed by atoms with E-state index in [0.717, 1.165) is 49.3 Å². The molecule has 0 saturated carbocycles. The fourth-order valence-electron chi connectivity index (χ4n) is 3.45. The Bertz CT molecular complexity index is 999. The first-order chi connectivity index (χ1) is 14.1. The Kier molecular flexibility index (Phi) is 5.37. The summed E-state index contributed by atoms with van der Waals surface area (Å²) in [6, 6.07) is 15.4. The minimum atomic E-state index is 0.0407. The van der Waals surface area contributed by atoms with Gasteiger partial charge in [0.15, 0.2) is 5.78 Å². The Hall–Kier alpha value is -3.48. The van der Waals surface area contributed by atoms with E-state index in [1.165, 1.54) is 0 Å². The van der Waals surface area contributed by atoms with E-state index in [1.54, 1.807) is 6.92 Å². The molecule has 3 aromatic rings. The maximum absolute atomic E-state index is 11.6. The number of benzene rings is 1. The van der Waals surface area contributed by atoms with Crippen molar-refractivity contribution < 1.29 is 4.79 Å². The lowest BCUT2D eigenvalue weighted by molar-refractivity contribution is 0.101. The largest absolute Gasteiger partial charge is 0.353 e. The van der Waals surface area contributed by atoms with Crippen molar-refractivity contribution in [1.29, 1.82) is 0 Å². The summed E-state index contributed by atoms with van der Waals surface area (Å²) in [5.74, 6) is 3.39. The van der Waals surface area contributed by atoms with Crippen molar-refractivity contribution in [2.75, 3.05) is 41.3 Å². The van der Waals surface area contributed by atoms with Gasteiger partial charge in [-0.2, -0.15) is 0 Å². The predicted molar refractivity (Wildman–Crippen MR) is 115 cm³/mol. The van der Waals surface area contributed by atoms with Gasteiger partial charge in [0.25, 0.3) is 0 Å². The van der Waals surface area contributed by atoms with Crippen molar-refractivity contribution in [2.24, 2.45) is 0 Å². The number of carbonyl (C=O) groups is 1. The zero-order valence-corrected chi connectivity index (χ0v) is 16.7. The number of hydrogen-bond donors (Lipinski definition) is 1. The van der Waals surface area contributed by atoms with Crippen LogP contribution in [0.2, 0.25) is 0 Å². The molecule has 1 aromatic carbocycles. The van der Waals surface area contributed by atoms with Crippen molar-refractivity contribution in [1.82, 2.24) is 15.0 Å². The quantitative estimate of drug-likeness (QED) is 0.671. The van der Waals surface area contributed by atoms with Crippen LogP contribution in [0, 0.1) is 6.92 Å². The Morgan fingerprint density at radius 1 is 0.931 bits per heavy atom. The molecule has 0 aliphatic carbocycles. The molecule has 0 atom stereocenters. The van der Waals surface area contributed by atoms with Gasteiger partial charge in [-0.3, -0.25) is 4.79 Å². The van der Waals surface area contributed by atoms with Crippen LogP contribution in [0.3, 0.4) is 0 Å². The smallest absolute Gasteiger partial charge is 0.159 e. The number of nitrogens with one attached hydrogen (secondary N) is 1. The van der Waals surface area contributed by atoms with E-state index in [9.17, 15) is 4.79 Å². The normalized spacial score (nSPS) is 14.0. The number of Topliss-reactive ketones (excluding diaryl/α,β-unsaturated/α-hetero) is 1. The zero-order valence-electron chi connectivity index (χ0n) is 16.7. The summed E-state index contributed by atoms with van der Waals surface area (Å²) in [5.41, 5.74) is 1.51. The van der Waals surface area contributed by atoms with Gasteiger partial charge in [0.2, 0.25) is 0 Å². The van der Waals surface area contributed by atoms with E-state index < -0.39 is 0 Å². The van der Waals surface area contributed by atoms with Crippen molar-refractivity contribution in [3.63, 3.8) is 0 Å². The molecule has 0 spiro atoms. The molecule has 7 heteroatoms. The minimum absolute atomic E-state index is 0.0407. The molecule has 0 amide bonds. The summed E-state index contributed by atoms with van der Waals surface area (Å²) in [7, 11) is 0. The van der Waals surface area contributed by atoms with Crippen molar-refractivity contribution in [2.45, 2.75) is 13.8 Å². The van der Waals surface area contributed by atoms with Gasteiger partial charge in [-0.05, 0) is 38.1 Å². The molecule has 1 fully saturated rings. The monoisotopic (exact) mass is 388 g/mol. The average Bonchev–Trinajstić information content (AvgIpc) is 2.74. The molecular weight excluding hydrogens is 364 g/mol. The van der Waals surface area contributed by atoms with Gasteiger partial charge in [0, 0.05) is 49.7 Å². The lowest BCUT2D eigenvalue weighted by atomic mass is 10.1. The van der Waals surface area contributed by atoms with Crippen molar-refractivity contribution in [3.8, 4) is 0 Å². The Morgan fingerprint density at radius 3 is 2.38 bits per heavy atom. The van der Waals surface area contributed by atoms with Crippen LogP contribution in [0.5, 0.6) is 0 Å². The second-order valence-electron chi connectivity index (χ2n) is 7.08. The third kappa shape index (κ3) is 4.51. The number of carbonyl (C=O) groups excluding carboxylic acids is 1. The second kappa shape index (κ2) is 8.26. The van der Waals surface area contributed by atoms with Crippen LogP contribution in [-0.4, -0.2) is 46.9 Å². The molecule has 1 N–H and O–H groups in total. The van der Waals surface area contributed by atoms with Crippen LogP contribution in [0.25, 0.3) is 0 Å². The van der Waals surface area contributed by atoms with Crippen LogP contribution in [-0.2, 0) is 0 Å². The number of hydrogen-bond acceptors (Lipinski definition) is 7.